The fourth-order valence-corrected chi connectivity index (χ4v) is 4.80. The second-order valence-corrected chi connectivity index (χ2v) is 8.85. The van der Waals surface area contributed by atoms with E-state index in [2.05, 4.69) is 14.8 Å². The van der Waals surface area contributed by atoms with E-state index >= 15 is 0 Å². The summed E-state index contributed by atoms with van der Waals surface area (Å²) in [7, 11) is 0. The van der Waals surface area contributed by atoms with Gasteiger partial charge >= 0.3 is 0 Å². The molecule has 2 aliphatic heterocycles. The van der Waals surface area contributed by atoms with Crippen LogP contribution in [0.1, 0.15) is 40.9 Å². The first-order valence-electron chi connectivity index (χ1n) is 11.4. The second-order valence-electron chi connectivity index (χ2n) is 8.85. The van der Waals surface area contributed by atoms with Gasteiger partial charge in [0.1, 0.15) is 0 Å². The molecule has 1 saturated heterocycles. The van der Waals surface area contributed by atoms with Gasteiger partial charge in [0.05, 0.1) is 22.6 Å². The van der Waals surface area contributed by atoms with Crippen LogP contribution in [0.3, 0.4) is 0 Å². The molecule has 8 nitrogen and oxygen atoms in total. The quantitative estimate of drug-likeness (QED) is 0.725. The molecule has 4 N–H and O–H groups in total. The largest absolute Gasteiger partial charge is 0.397 e. The van der Waals surface area contributed by atoms with Gasteiger partial charge in [-0.15, -0.1) is 0 Å². The van der Waals surface area contributed by atoms with Crippen LogP contribution in [0.15, 0.2) is 24.4 Å². The van der Waals surface area contributed by atoms with Crippen LogP contribution in [-0.2, 0) is 12.8 Å². The Hall–Kier alpha value is -2.87. The van der Waals surface area contributed by atoms with Crippen molar-refractivity contribution in [2.45, 2.75) is 38.1 Å². The molecule has 0 unspecified atom stereocenters. The van der Waals surface area contributed by atoms with Crippen molar-refractivity contribution in [3.05, 3.63) is 41.2 Å². The predicted octanol–water partition coefficient (Wildman–Crippen LogP) is 1.56. The molecule has 164 valence electrons. The number of nitrogens with zero attached hydrogens (tertiary/aromatic N) is 5. The third-order valence-electron chi connectivity index (χ3n) is 7.06. The third-order valence-corrected chi connectivity index (χ3v) is 7.06. The maximum Gasteiger partial charge on any atom is 0.256 e. The van der Waals surface area contributed by atoms with Crippen molar-refractivity contribution in [1.82, 2.24) is 19.8 Å². The fraction of sp³-hybridized carbons (Fsp3) is 0.522. The topological polar surface area (TPSA) is 105 Å². The molecule has 1 saturated carbocycles. The number of hydrogen-bond acceptors (Lipinski definition) is 7. The van der Waals surface area contributed by atoms with E-state index in [1.165, 1.54) is 19.3 Å². The van der Waals surface area contributed by atoms with E-state index in [1.54, 1.807) is 18.2 Å². The molecular formula is C23H31N7O. The summed E-state index contributed by atoms with van der Waals surface area (Å²) in [5.41, 5.74) is 15.4. The lowest BCUT2D eigenvalue weighted by Crippen LogP contribution is -2.52. The van der Waals surface area contributed by atoms with Crippen molar-refractivity contribution in [1.29, 1.82) is 0 Å². The van der Waals surface area contributed by atoms with E-state index in [0.717, 1.165) is 62.3 Å². The summed E-state index contributed by atoms with van der Waals surface area (Å²) in [4.78, 5) is 29.4. The van der Waals surface area contributed by atoms with Crippen molar-refractivity contribution >= 4 is 23.2 Å². The van der Waals surface area contributed by atoms with Crippen LogP contribution >= 0.6 is 0 Å². The number of benzene rings is 1. The average Bonchev–Trinajstić information content (AvgIpc) is 2.97. The Balaban J connectivity index is 1.25. The van der Waals surface area contributed by atoms with Crippen molar-refractivity contribution in [3.8, 4) is 0 Å². The Morgan fingerprint density at radius 3 is 2.52 bits per heavy atom. The maximum absolute atomic E-state index is 13.0. The summed E-state index contributed by atoms with van der Waals surface area (Å²) >= 11 is 0. The van der Waals surface area contributed by atoms with Crippen LogP contribution < -0.4 is 16.4 Å². The van der Waals surface area contributed by atoms with E-state index in [0.29, 0.717) is 30.0 Å². The summed E-state index contributed by atoms with van der Waals surface area (Å²) in [5, 5.41) is 0. The van der Waals surface area contributed by atoms with Crippen LogP contribution in [0, 0.1) is 0 Å². The first kappa shape index (κ1) is 20.1. The lowest BCUT2D eigenvalue weighted by molar-refractivity contribution is 0.0764. The number of nitrogens with two attached hydrogens (primary N) is 2. The molecule has 0 atom stereocenters. The van der Waals surface area contributed by atoms with Crippen molar-refractivity contribution < 1.29 is 4.79 Å². The molecule has 0 spiro atoms. The number of anilines is 3. The number of piperazine rings is 1. The number of aromatic nitrogens is 2. The first-order chi connectivity index (χ1) is 15.1. The molecular weight excluding hydrogens is 390 g/mol. The Bertz CT molecular complexity index is 966. The lowest BCUT2D eigenvalue weighted by atomic mass is 9.91. The Morgan fingerprint density at radius 1 is 1.00 bits per heavy atom. The van der Waals surface area contributed by atoms with E-state index in [1.807, 2.05) is 11.1 Å². The van der Waals surface area contributed by atoms with Crippen LogP contribution in [0.25, 0.3) is 0 Å². The molecule has 1 aromatic heterocycles. The number of carbonyl (C=O) groups excluding carboxylic acids is 1. The molecule has 1 amide bonds. The number of fused-ring (bicyclic) bond motifs is 1. The highest BCUT2D eigenvalue weighted by atomic mass is 16.2. The highest BCUT2D eigenvalue weighted by Crippen LogP contribution is 2.27. The van der Waals surface area contributed by atoms with Crippen LogP contribution in [0.2, 0.25) is 0 Å². The smallest absolute Gasteiger partial charge is 0.256 e. The zero-order chi connectivity index (χ0) is 21.4. The van der Waals surface area contributed by atoms with Crippen LogP contribution in [0.4, 0.5) is 17.3 Å². The first-order valence-corrected chi connectivity index (χ1v) is 11.4. The molecule has 3 aliphatic rings. The zero-order valence-electron chi connectivity index (χ0n) is 18.0. The van der Waals surface area contributed by atoms with Gasteiger partial charge in [-0.2, -0.15) is 0 Å². The van der Waals surface area contributed by atoms with Crippen molar-refractivity contribution in [3.63, 3.8) is 0 Å². The monoisotopic (exact) mass is 421 g/mol. The van der Waals surface area contributed by atoms with Crippen LogP contribution in [0.5, 0.6) is 0 Å². The van der Waals surface area contributed by atoms with Gasteiger partial charge in [0.15, 0.2) is 0 Å². The summed E-state index contributed by atoms with van der Waals surface area (Å²) in [6.07, 6.45) is 7.51. The zero-order valence-corrected chi connectivity index (χ0v) is 18.0. The number of hydrogen-bond donors (Lipinski definition) is 2. The Labute approximate surface area is 183 Å². The van der Waals surface area contributed by atoms with Crippen molar-refractivity contribution in [2.24, 2.45) is 0 Å². The average molecular weight is 422 g/mol. The molecule has 3 heterocycles. The predicted molar refractivity (Wildman–Crippen MR) is 122 cm³/mol. The normalized spacial score (nSPS) is 20.1. The highest BCUT2D eigenvalue weighted by Gasteiger charge is 2.29. The van der Waals surface area contributed by atoms with Gasteiger partial charge in [0.2, 0.25) is 5.95 Å². The third kappa shape index (κ3) is 3.92. The Morgan fingerprint density at radius 2 is 1.77 bits per heavy atom. The van der Waals surface area contributed by atoms with Crippen LogP contribution in [-0.4, -0.2) is 71.0 Å². The van der Waals surface area contributed by atoms with Gasteiger partial charge in [0, 0.05) is 57.9 Å². The minimum absolute atomic E-state index is 0.0714. The molecule has 5 rings (SSSR count). The Kier molecular flexibility index (Phi) is 5.40. The molecule has 8 heteroatoms. The molecule has 31 heavy (non-hydrogen) atoms. The van der Waals surface area contributed by atoms with Gasteiger partial charge in [-0.3, -0.25) is 9.69 Å². The lowest BCUT2D eigenvalue weighted by Gasteiger charge is -2.43. The maximum atomic E-state index is 13.0. The molecule has 0 bridgehead atoms. The van der Waals surface area contributed by atoms with Gasteiger partial charge in [-0.1, -0.05) is 12.5 Å². The number of amides is 1. The molecule has 2 aromatic rings. The summed E-state index contributed by atoms with van der Waals surface area (Å²) in [5.74, 6) is 0.754. The van der Waals surface area contributed by atoms with E-state index in [4.69, 9.17) is 16.5 Å². The molecule has 2 fully saturated rings. The number of rotatable bonds is 3. The summed E-state index contributed by atoms with van der Waals surface area (Å²) < 4.78 is 0. The summed E-state index contributed by atoms with van der Waals surface area (Å²) in [6, 6.07) is 6.03. The van der Waals surface area contributed by atoms with Gasteiger partial charge < -0.3 is 21.3 Å². The van der Waals surface area contributed by atoms with E-state index < -0.39 is 0 Å². The van der Waals surface area contributed by atoms with Crippen molar-refractivity contribution in [2.75, 3.05) is 55.6 Å². The summed E-state index contributed by atoms with van der Waals surface area (Å²) in [6.45, 7) is 5.39. The van der Waals surface area contributed by atoms with E-state index in [9.17, 15) is 4.79 Å². The SMILES string of the molecule is Nc1cccc(C(=O)N2CCc3cnc(N4CCN(C5CCC5)CC4)nc3CC2)c1N. The minimum Gasteiger partial charge on any atom is -0.397 e. The molecule has 1 aromatic carbocycles. The van der Waals surface area contributed by atoms with Gasteiger partial charge in [0.25, 0.3) is 5.91 Å². The van der Waals surface area contributed by atoms with Gasteiger partial charge in [-0.25, -0.2) is 9.97 Å². The van der Waals surface area contributed by atoms with Gasteiger partial charge in [-0.05, 0) is 37.0 Å². The number of carbonyl (C=O) groups is 1. The standard InChI is InChI=1S/C23H31N7O/c24-19-6-2-5-18(21(19)25)22(31)29-9-7-16-15-26-23(27-20(16)8-10-29)30-13-11-28(12-14-30)17-3-1-4-17/h2,5-6,15,17H,1,3-4,7-14,24-25H2. The van der Waals surface area contributed by atoms with E-state index in [-0.39, 0.29) is 5.91 Å². The highest BCUT2D eigenvalue weighted by molar-refractivity contribution is 6.01. The minimum atomic E-state index is -0.0714. The second kappa shape index (κ2) is 8.34. The molecule has 1 aliphatic carbocycles. The molecule has 0 radical (unpaired) electrons. The number of nitrogen functional groups attached to an aromatic ring is 2. The number of para-hydroxylation sites is 1. The fourth-order valence-electron chi connectivity index (χ4n) is 4.80.